The van der Waals surface area contributed by atoms with Gasteiger partial charge >= 0.3 is 0 Å². The van der Waals surface area contributed by atoms with Crippen LogP contribution in [-0.4, -0.2) is 55.2 Å². The SMILES string of the molecule is COCCCN1C(=O)C(=O)/C(=C(/O)c2ccc3c(c2)OCCO3)[C@H]1c1cccc(OCc2ccccc2)c1. The molecule has 0 saturated carbocycles. The van der Waals surface area contributed by atoms with Gasteiger partial charge in [0.1, 0.15) is 31.3 Å². The number of aliphatic hydroxyl groups is 1. The Morgan fingerprint density at radius 3 is 2.55 bits per heavy atom. The van der Waals surface area contributed by atoms with Crippen molar-refractivity contribution in [2.45, 2.75) is 19.1 Å². The lowest BCUT2D eigenvalue weighted by molar-refractivity contribution is -0.140. The summed E-state index contributed by atoms with van der Waals surface area (Å²) in [5.74, 6) is -0.0466. The van der Waals surface area contributed by atoms with E-state index >= 15 is 0 Å². The third-order valence-corrected chi connectivity index (χ3v) is 6.53. The van der Waals surface area contributed by atoms with E-state index in [-0.39, 0.29) is 17.9 Å². The number of hydrogen-bond donors (Lipinski definition) is 1. The van der Waals surface area contributed by atoms with Crippen LogP contribution in [0, 0.1) is 0 Å². The van der Waals surface area contributed by atoms with Crippen LogP contribution in [0.15, 0.2) is 78.4 Å². The fraction of sp³-hybridized carbons (Fsp3) is 0.267. The van der Waals surface area contributed by atoms with E-state index in [4.69, 9.17) is 18.9 Å². The van der Waals surface area contributed by atoms with Crippen LogP contribution in [0.2, 0.25) is 0 Å². The van der Waals surface area contributed by atoms with Crippen molar-refractivity contribution in [3.63, 3.8) is 0 Å². The van der Waals surface area contributed by atoms with Crippen molar-refractivity contribution in [3.8, 4) is 17.2 Å². The summed E-state index contributed by atoms with van der Waals surface area (Å²) in [7, 11) is 1.58. The molecule has 0 bridgehead atoms. The summed E-state index contributed by atoms with van der Waals surface area (Å²) in [6.07, 6.45) is 0.536. The van der Waals surface area contributed by atoms with Gasteiger partial charge < -0.3 is 29.0 Å². The monoisotopic (exact) mass is 515 g/mol. The highest BCUT2D eigenvalue weighted by Crippen LogP contribution is 2.41. The van der Waals surface area contributed by atoms with Crippen LogP contribution in [0.25, 0.3) is 5.76 Å². The van der Waals surface area contributed by atoms with Crippen LogP contribution in [-0.2, 0) is 20.9 Å². The Kier molecular flexibility index (Phi) is 7.60. The van der Waals surface area contributed by atoms with Gasteiger partial charge in [-0.15, -0.1) is 0 Å². The van der Waals surface area contributed by atoms with E-state index in [0.717, 1.165) is 5.56 Å². The number of amides is 1. The zero-order chi connectivity index (χ0) is 26.5. The molecule has 8 nitrogen and oxygen atoms in total. The zero-order valence-electron chi connectivity index (χ0n) is 21.1. The quantitative estimate of drug-likeness (QED) is 0.194. The van der Waals surface area contributed by atoms with Gasteiger partial charge in [0.05, 0.1) is 11.6 Å². The number of aliphatic hydroxyl groups excluding tert-OH is 1. The normalized spacial score (nSPS) is 18.0. The number of nitrogens with zero attached hydrogens (tertiary/aromatic N) is 1. The molecule has 2 heterocycles. The Bertz CT molecular complexity index is 1350. The molecule has 1 amide bonds. The molecule has 0 aliphatic carbocycles. The summed E-state index contributed by atoms with van der Waals surface area (Å²) >= 11 is 0. The fourth-order valence-corrected chi connectivity index (χ4v) is 4.70. The second kappa shape index (κ2) is 11.4. The van der Waals surface area contributed by atoms with E-state index in [9.17, 15) is 14.7 Å². The number of benzene rings is 3. The minimum Gasteiger partial charge on any atom is -0.507 e. The molecule has 1 N–H and O–H groups in total. The van der Waals surface area contributed by atoms with Crippen LogP contribution < -0.4 is 14.2 Å². The molecule has 0 spiro atoms. The van der Waals surface area contributed by atoms with E-state index in [1.54, 1.807) is 31.4 Å². The van der Waals surface area contributed by atoms with Gasteiger partial charge in [0, 0.05) is 25.8 Å². The molecular weight excluding hydrogens is 486 g/mol. The van der Waals surface area contributed by atoms with Crippen LogP contribution in [0.4, 0.5) is 0 Å². The molecule has 196 valence electrons. The first-order chi connectivity index (χ1) is 18.6. The van der Waals surface area contributed by atoms with E-state index < -0.39 is 17.7 Å². The molecule has 38 heavy (non-hydrogen) atoms. The Morgan fingerprint density at radius 2 is 1.76 bits per heavy atom. The summed E-state index contributed by atoms with van der Waals surface area (Å²) in [4.78, 5) is 28.0. The average molecular weight is 516 g/mol. The number of ether oxygens (including phenoxy) is 4. The minimum atomic E-state index is -0.791. The molecule has 2 aliphatic heterocycles. The van der Waals surface area contributed by atoms with Gasteiger partial charge in [-0.25, -0.2) is 0 Å². The highest BCUT2D eigenvalue weighted by Gasteiger charge is 2.46. The molecule has 0 unspecified atom stereocenters. The van der Waals surface area contributed by atoms with Crippen molar-refractivity contribution in [1.29, 1.82) is 0 Å². The van der Waals surface area contributed by atoms with Gasteiger partial charge in [-0.2, -0.15) is 0 Å². The van der Waals surface area contributed by atoms with Crippen LogP contribution in [0.5, 0.6) is 17.2 Å². The predicted molar refractivity (Wildman–Crippen MR) is 140 cm³/mol. The van der Waals surface area contributed by atoms with E-state index in [1.807, 2.05) is 48.5 Å². The van der Waals surface area contributed by atoms with Gasteiger partial charge in [-0.05, 0) is 47.9 Å². The number of carbonyl (C=O) groups is 2. The van der Waals surface area contributed by atoms with Gasteiger partial charge in [0.15, 0.2) is 11.5 Å². The summed E-state index contributed by atoms with van der Waals surface area (Å²) in [6.45, 7) is 1.91. The smallest absolute Gasteiger partial charge is 0.295 e. The first-order valence-electron chi connectivity index (χ1n) is 12.5. The molecule has 8 heteroatoms. The minimum absolute atomic E-state index is 0.0179. The predicted octanol–water partition coefficient (Wildman–Crippen LogP) is 4.50. The molecule has 5 rings (SSSR count). The molecule has 3 aromatic carbocycles. The summed E-state index contributed by atoms with van der Waals surface area (Å²) in [6, 6.07) is 21.2. The Morgan fingerprint density at radius 1 is 0.974 bits per heavy atom. The standard InChI is InChI=1S/C30H29NO7/c1-35-14-6-13-31-27(21-9-5-10-23(17-21)38-19-20-7-3-2-4-8-20)26(29(33)30(31)34)28(32)22-11-12-24-25(18-22)37-16-15-36-24/h2-5,7-12,17-18,27,32H,6,13-16,19H2,1H3/b28-26+/t27-/m1/s1. The maximum absolute atomic E-state index is 13.3. The first kappa shape index (κ1) is 25.4. The second-order valence-electron chi connectivity index (χ2n) is 9.04. The van der Waals surface area contributed by atoms with Crippen molar-refractivity contribution >= 4 is 17.4 Å². The Labute approximate surface area is 221 Å². The molecule has 3 aromatic rings. The van der Waals surface area contributed by atoms with E-state index in [2.05, 4.69) is 0 Å². The highest BCUT2D eigenvalue weighted by molar-refractivity contribution is 6.46. The zero-order valence-corrected chi connectivity index (χ0v) is 21.1. The summed E-state index contributed by atoms with van der Waals surface area (Å²) in [5, 5.41) is 11.4. The highest BCUT2D eigenvalue weighted by atomic mass is 16.6. The van der Waals surface area contributed by atoms with Crippen molar-refractivity contribution in [3.05, 3.63) is 95.1 Å². The van der Waals surface area contributed by atoms with Crippen molar-refractivity contribution < 1.29 is 33.6 Å². The number of Topliss-reactive ketones (excluding diaryl/α,β-unsaturated/α-hetero) is 1. The lowest BCUT2D eigenvalue weighted by Gasteiger charge is -2.26. The van der Waals surface area contributed by atoms with Crippen molar-refractivity contribution in [2.75, 3.05) is 33.5 Å². The molecule has 1 atom stereocenters. The molecule has 0 radical (unpaired) electrons. The molecule has 1 saturated heterocycles. The van der Waals surface area contributed by atoms with Gasteiger partial charge in [-0.1, -0.05) is 42.5 Å². The molecule has 1 fully saturated rings. The number of ketones is 1. The van der Waals surface area contributed by atoms with Crippen molar-refractivity contribution in [2.24, 2.45) is 0 Å². The maximum Gasteiger partial charge on any atom is 0.295 e. The largest absolute Gasteiger partial charge is 0.507 e. The van der Waals surface area contributed by atoms with E-state index in [0.29, 0.717) is 61.2 Å². The van der Waals surface area contributed by atoms with Gasteiger partial charge in [-0.3, -0.25) is 9.59 Å². The summed E-state index contributed by atoms with van der Waals surface area (Å²) in [5.41, 5.74) is 2.06. The Hall–Kier alpha value is -4.30. The maximum atomic E-state index is 13.3. The second-order valence-corrected chi connectivity index (χ2v) is 9.04. The molecular formula is C30H29NO7. The number of fused-ring (bicyclic) bond motifs is 1. The first-order valence-corrected chi connectivity index (χ1v) is 12.5. The Balaban J connectivity index is 1.52. The third-order valence-electron chi connectivity index (χ3n) is 6.53. The number of hydrogen-bond acceptors (Lipinski definition) is 7. The number of carbonyl (C=O) groups excluding carboxylic acids is 2. The average Bonchev–Trinajstić information content (AvgIpc) is 3.21. The lowest BCUT2D eigenvalue weighted by Crippen LogP contribution is -2.31. The topological polar surface area (TPSA) is 94.5 Å². The molecule has 2 aliphatic rings. The number of methoxy groups -OCH3 is 1. The van der Waals surface area contributed by atoms with Crippen LogP contribution >= 0.6 is 0 Å². The number of likely N-dealkylation sites (tertiary alicyclic amines) is 1. The fourth-order valence-electron chi connectivity index (χ4n) is 4.70. The van der Waals surface area contributed by atoms with Crippen molar-refractivity contribution in [1.82, 2.24) is 4.90 Å². The van der Waals surface area contributed by atoms with Crippen LogP contribution in [0.3, 0.4) is 0 Å². The lowest BCUT2D eigenvalue weighted by atomic mass is 9.95. The van der Waals surface area contributed by atoms with Gasteiger partial charge in [0.25, 0.3) is 11.7 Å². The van der Waals surface area contributed by atoms with Gasteiger partial charge in [0.2, 0.25) is 0 Å². The van der Waals surface area contributed by atoms with Crippen LogP contribution in [0.1, 0.15) is 29.2 Å². The summed E-state index contributed by atoms with van der Waals surface area (Å²) < 4.78 is 22.4. The third kappa shape index (κ3) is 5.21. The molecule has 0 aromatic heterocycles. The number of rotatable bonds is 9. The van der Waals surface area contributed by atoms with E-state index in [1.165, 1.54) is 4.90 Å².